The monoisotopic (exact) mass is 191 g/mol. The first-order valence-corrected chi connectivity index (χ1v) is 4.25. The number of ether oxygens (including phenoxy) is 2. The van der Waals surface area contributed by atoms with E-state index in [0.29, 0.717) is 18.0 Å². The summed E-state index contributed by atoms with van der Waals surface area (Å²) in [4.78, 5) is 0. The lowest BCUT2D eigenvalue weighted by Crippen LogP contribution is -2.00. The minimum atomic E-state index is 0.234. The van der Waals surface area contributed by atoms with Crippen LogP contribution in [0.2, 0.25) is 0 Å². The molecule has 0 bridgehead atoms. The molecule has 0 spiro atoms. The second-order valence-corrected chi connectivity index (χ2v) is 2.68. The Bertz CT molecular complexity index is 342. The smallest absolute Gasteiger partial charge is 0.162 e. The summed E-state index contributed by atoms with van der Waals surface area (Å²) in [6, 6.07) is 5.53. The highest BCUT2D eigenvalue weighted by atomic mass is 16.5. The summed E-state index contributed by atoms with van der Waals surface area (Å²) >= 11 is 0. The zero-order valence-electron chi connectivity index (χ0n) is 8.12. The van der Waals surface area contributed by atoms with E-state index in [2.05, 4.69) is 5.92 Å². The van der Waals surface area contributed by atoms with E-state index in [-0.39, 0.29) is 6.61 Å². The second kappa shape index (κ2) is 5.15. The van der Waals surface area contributed by atoms with Crippen LogP contribution in [-0.2, 0) is 6.54 Å². The molecule has 2 N–H and O–H groups in total. The lowest BCUT2D eigenvalue weighted by atomic mass is 10.2. The van der Waals surface area contributed by atoms with Crippen molar-refractivity contribution in [3.05, 3.63) is 23.8 Å². The molecular weight excluding hydrogens is 178 g/mol. The number of benzene rings is 1. The largest absolute Gasteiger partial charge is 0.493 e. The average molecular weight is 191 g/mol. The highest BCUT2D eigenvalue weighted by Crippen LogP contribution is 2.27. The molecule has 0 aromatic heterocycles. The maximum atomic E-state index is 5.49. The summed E-state index contributed by atoms with van der Waals surface area (Å²) in [7, 11) is 1.58. The molecule has 0 saturated heterocycles. The first kappa shape index (κ1) is 10.4. The van der Waals surface area contributed by atoms with Gasteiger partial charge in [0.1, 0.15) is 6.61 Å². The summed E-state index contributed by atoms with van der Waals surface area (Å²) in [5, 5.41) is 0. The maximum absolute atomic E-state index is 5.49. The van der Waals surface area contributed by atoms with Crippen LogP contribution in [0.1, 0.15) is 5.56 Å². The highest BCUT2D eigenvalue weighted by Gasteiger charge is 2.03. The first-order chi connectivity index (χ1) is 6.81. The summed E-state index contributed by atoms with van der Waals surface area (Å²) < 4.78 is 10.4. The Morgan fingerprint density at radius 2 is 2.21 bits per heavy atom. The predicted octanol–water partition coefficient (Wildman–Crippen LogP) is 1.17. The van der Waals surface area contributed by atoms with Gasteiger partial charge in [-0.05, 0) is 17.7 Å². The van der Waals surface area contributed by atoms with Crippen molar-refractivity contribution in [2.75, 3.05) is 13.7 Å². The van der Waals surface area contributed by atoms with Crippen molar-refractivity contribution in [1.29, 1.82) is 0 Å². The van der Waals surface area contributed by atoms with Crippen molar-refractivity contribution in [3.8, 4) is 23.8 Å². The molecule has 0 aliphatic rings. The van der Waals surface area contributed by atoms with Crippen molar-refractivity contribution in [3.63, 3.8) is 0 Å². The molecule has 0 radical (unpaired) electrons. The highest BCUT2D eigenvalue weighted by molar-refractivity contribution is 5.43. The molecule has 0 aliphatic heterocycles. The molecule has 1 aromatic carbocycles. The molecule has 0 heterocycles. The van der Waals surface area contributed by atoms with Gasteiger partial charge in [0.05, 0.1) is 7.11 Å². The lowest BCUT2D eigenvalue weighted by molar-refractivity contribution is 0.330. The third-order valence-corrected chi connectivity index (χ3v) is 1.77. The van der Waals surface area contributed by atoms with Gasteiger partial charge in [-0.1, -0.05) is 12.0 Å². The topological polar surface area (TPSA) is 44.5 Å². The Hall–Kier alpha value is -1.66. The maximum Gasteiger partial charge on any atom is 0.162 e. The molecule has 1 rings (SSSR count). The fourth-order valence-corrected chi connectivity index (χ4v) is 1.08. The van der Waals surface area contributed by atoms with Crippen molar-refractivity contribution in [2.45, 2.75) is 6.54 Å². The van der Waals surface area contributed by atoms with E-state index in [1.54, 1.807) is 13.2 Å². The van der Waals surface area contributed by atoms with Crippen LogP contribution in [0.15, 0.2) is 18.2 Å². The summed E-state index contributed by atoms with van der Waals surface area (Å²) in [5.41, 5.74) is 6.49. The van der Waals surface area contributed by atoms with Crippen LogP contribution in [-0.4, -0.2) is 13.7 Å². The number of terminal acetylenes is 1. The third kappa shape index (κ3) is 2.41. The predicted molar refractivity (Wildman–Crippen MR) is 55.2 cm³/mol. The zero-order valence-corrected chi connectivity index (χ0v) is 8.12. The summed E-state index contributed by atoms with van der Waals surface area (Å²) in [6.07, 6.45) is 5.09. The molecule has 0 atom stereocenters. The Morgan fingerprint density at radius 3 is 2.79 bits per heavy atom. The molecule has 3 heteroatoms. The van der Waals surface area contributed by atoms with Crippen LogP contribution in [0.25, 0.3) is 0 Å². The van der Waals surface area contributed by atoms with Gasteiger partial charge in [-0.3, -0.25) is 0 Å². The Morgan fingerprint density at radius 1 is 1.43 bits per heavy atom. The van der Waals surface area contributed by atoms with Gasteiger partial charge in [0.2, 0.25) is 0 Å². The van der Waals surface area contributed by atoms with Crippen LogP contribution in [0.4, 0.5) is 0 Å². The molecule has 0 aliphatic carbocycles. The Labute approximate surface area is 83.8 Å². The Kier molecular flexibility index (Phi) is 3.84. The van der Waals surface area contributed by atoms with Crippen molar-refractivity contribution in [2.24, 2.45) is 5.73 Å². The van der Waals surface area contributed by atoms with Gasteiger partial charge < -0.3 is 15.2 Å². The molecule has 74 valence electrons. The van der Waals surface area contributed by atoms with E-state index >= 15 is 0 Å². The van der Waals surface area contributed by atoms with E-state index in [4.69, 9.17) is 21.6 Å². The molecule has 0 fully saturated rings. The molecule has 14 heavy (non-hydrogen) atoms. The number of rotatable bonds is 4. The van der Waals surface area contributed by atoms with E-state index < -0.39 is 0 Å². The number of hydrogen-bond acceptors (Lipinski definition) is 3. The van der Waals surface area contributed by atoms with E-state index in [9.17, 15) is 0 Å². The molecule has 3 nitrogen and oxygen atoms in total. The van der Waals surface area contributed by atoms with Gasteiger partial charge in [-0.25, -0.2) is 0 Å². The first-order valence-electron chi connectivity index (χ1n) is 4.25. The SMILES string of the molecule is C#CCOc1ccc(CN)cc1OC. The van der Waals surface area contributed by atoms with Gasteiger partial charge in [0.25, 0.3) is 0 Å². The normalized spacial score (nSPS) is 9.21. The fraction of sp³-hybridized carbons (Fsp3) is 0.273. The molecular formula is C11H13NO2. The summed E-state index contributed by atoms with van der Waals surface area (Å²) in [6.45, 7) is 0.712. The zero-order chi connectivity index (χ0) is 10.4. The standard InChI is InChI=1S/C11H13NO2/c1-3-6-14-10-5-4-9(8-12)7-11(10)13-2/h1,4-5,7H,6,8,12H2,2H3. The Balaban J connectivity index is 2.88. The van der Waals surface area contributed by atoms with Gasteiger partial charge >= 0.3 is 0 Å². The van der Waals surface area contributed by atoms with Crippen LogP contribution < -0.4 is 15.2 Å². The van der Waals surface area contributed by atoms with Crippen LogP contribution in [0.3, 0.4) is 0 Å². The van der Waals surface area contributed by atoms with Crippen molar-refractivity contribution >= 4 is 0 Å². The second-order valence-electron chi connectivity index (χ2n) is 2.68. The van der Waals surface area contributed by atoms with Gasteiger partial charge in [0, 0.05) is 6.54 Å². The quantitative estimate of drug-likeness (QED) is 0.726. The fourth-order valence-electron chi connectivity index (χ4n) is 1.08. The number of hydrogen-bond donors (Lipinski definition) is 1. The van der Waals surface area contributed by atoms with Crippen molar-refractivity contribution < 1.29 is 9.47 Å². The van der Waals surface area contributed by atoms with Crippen LogP contribution in [0, 0.1) is 12.3 Å². The molecule has 1 aromatic rings. The third-order valence-electron chi connectivity index (χ3n) is 1.77. The van der Waals surface area contributed by atoms with Gasteiger partial charge in [-0.15, -0.1) is 6.42 Å². The molecule has 0 unspecified atom stereocenters. The van der Waals surface area contributed by atoms with E-state index in [1.807, 2.05) is 12.1 Å². The van der Waals surface area contributed by atoms with E-state index in [1.165, 1.54) is 0 Å². The number of methoxy groups -OCH3 is 1. The van der Waals surface area contributed by atoms with Crippen molar-refractivity contribution in [1.82, 2.24) is 0 Å². The lowest BCUT2D eigenvalue weighted by Gasteiger charge is -2.09. The van der Waals surface area contributed by atoms with Gasteiger partial charge in [0.15, 0.2) is 11.5 Å². The molecule has 0 saturated carbocycles. The minimum Gasteiger partial charge on any atom is -0.493 e. The molecule has 0 amide bonds. The van der Waals surface area contributed by atoms with Gasteiger partial charge in [-0.2, -0.15) is 0 Å². The average Bonchev–Trinajstić information content (AvgIpc) is 2.26. The van der Waals surface area contributed by atoms with Crippen LogP contribution >= 0.6 is 0 Å². The number of nitrogens with two attached hydrogens (primary N) is 1. The minimum absolute atomic E-state index is 0.234. The van der Waals surface area contributed by atoms with E-state index in [0.717, 1.165) is 5.56 Å². The van der Waals surface area contributed by atoms with Crippen LogP contribution in [0.5, 0.6) is 11.5 Å². The summed E-state index contributed by atoms with van der Waals surface area (Å²) in [5.74, 6) is 3.69.